The molecule has 1 fully saturated rings. The summed E-state index contributed by atoms with van der Waals surface area (Å²) in [6, 6.07) is 5.37. The van der Waals surface area contributed by atoms with Crippen LogP contribution in [0.3, 0.4) is 0 Å². The molecule has 2 amide bonds. The second-order valence-corrected chi connectivity index (χ2v) is 5.87. The van der Waals surface area contributed by atoms with Gasteiger partial charge >= 0.3 is 0 Å². The van der Waals surface area contributed by atoms with E-state index in [0.717, 1.165) is 25.2 Å². The number of anilines is 1. The number of amides is 2. The van der Waals surface area contributed by atoms with Crippen molar-refractivity contribution in [1.82, 2.24) is 10.2 Å². The lowest BCUT2D eigenvalue weighted by molar-refractivity contribution is -0.114. The van der Waals surface area contributed by atoms with E-state index in [9.17, 15) is 9.59 Å². The van der Waals surface area contributed by atoms with Crippen molar-refractivity contribution in [2.45, 2.75) is 33.1 Å². The number of benzene rings is 1. The molecule has 1 saturated heterocycles. The first-order chi connectivity index (χ1) is 10.6. The molecule has 0 aliphatic carbocycles. The van der Waals surface area contributed by atoms with E-state index in [1.807, 2.05) is 13.0 Å². The predicted molar refractivity (Wildman–Crippen MR) is 88.1 cm³/mol. The Morgan fingerprint density at radius 2 is 1.91 bits per heavy atom. The van der Waals surface area contributed by atoms with Gasteiger partial charge in [-0.2, -0.15) is 0 Å². The first-order valence-corrected chi connectivity index (χ1v) is 7.95. The van der Waals surface area contributed by atoms with E-state index >= 15 is 0 Å². The molecule has 1 heterocycles. The van der Waals surface area contributed by atoms with Crippen LogP contribution in [0.1, 0.15) is 42.1 Å². The molecule has 1 aromatic rings. The summed E-state index contributed by atoms with van der Waals surface area (Å²) in [6.07, 6.45) is 3.83. The number of aryl methyl sites for hydroxylation is 1. The summed E-state index contributed by atoms with van der Waals surface area (Å²) in [7, 11) is 0. The predicted octanol–water partition coefficient (Wildman–Crippen LogP) is 2.17. The van der Waals surface area contributed by atoms with Gasteiger partial charge in [0.25, 0.3) is 5.91 Å². The van der Waals surface area contributed by atoms with Crippen LogP contribution in [0.4, 0.5) is 5.69 Å². The van der Waals surface area contributed by atoms with Crippen LogP contribution in [0.25, 0.3) is 0 Å². The van der Waals surface area contributed by atoms with Gasteiger partial charge in [0.05, 0.1) is 0 Å². The zero-order valence-corrected chi connectivity index (χ0v) is 13.4. The molecule has 22 heavy (non-hydrogen) atoms. The third-order valence-electron chi connectivity index (χ3n) is 3.97. The second kappa shape index (κ2) is 7.94. The summed E-state index contributed by atoms with van der Waals surface area (Å²) in [6.45, 7) is 7.19. The molecule has 0 atom stereocenters. The normalized spacial score (nSPS) is 15.4. The van der Waals surface area contributed by atoms with Crippen LogP contribution in [-0.2, 0) is 4.79 Å². The molecule has 0 saturated carbocycles. The number of rotatable bonds is 5. The molecule has 0 bridgehead atoms. The van der Waals surface area contributed by atoms with E-state index < -0.39 is 0 Å². The molecular weight excluding hydrogens is 278 g/mol. The van der Waals surface area contributed by atoms with E-state index in [2.05, 4.69) is 15.5 Å². The van der Waals surface area contributed by atoms with Crippen LogP contribution in [-0.4, -0.2) is 42.9 Å². The van der Waals surface area contributed by atoms with Gasteiger partial charge in [-0.15, -0.1) is 0 Å². The average Bonchev–Trinajstić information content (AvgIpc) is 2.50. The third kappa shape index (κ3) is 4.84. The van der Waals surface area contributed by atoms with Crippen molar-refractivity contribution >= 4 is 17.5 Å². The molecule has 0 unspecified atom stereocenters. The van der Waals surface area contributed by atoms with Gasteiger partial charge in [0.1, 0.15) is 0 Å². The maximum atomic E-state index is 12.2. The maximum absolute atomic E-state index is 12.2. The highest BCUT2D eigenvalue weighted by Crippen LogP contribution is 2.17. The Balaban J connectivity index is 1.87. The van der Waals surface area contributed by atoms with E-state index in [4.69, 9.17) is 0 Å². The lowest BCUT2D eigenvalue weighted by Crippen LogP contribution is -2.37. The molecule has 2 rings (SSSR count). The van der Waals surface area contributed by atoms with Crippen molar-refractivity contribution in [2.75, 3.05) is 31.5 Å². The lowest BCUT2D eigenvalue weighted by Gasteiger charge is -2.26. The van der Waals surface area contributed by atoms with Gasteiger partial charge in [0.2, 0.25) is 5.91 Å². The number of likely N-dealkylation sites (tertiary alicyclic amines) is 1. The molecule has 120 valence electrons. The van der Waals surface area contributed by atoms with Gasteiger partial charge in [0.15, 0.2) is 0 Å². The van der Waals surface area contributed by atoms with Crippen molar-refractivity contribution in [2.24, 2.45) is 0 Å². The molecule has 2 N–H and O–H groups in total. The van der Waals surface area contributed by atoms with Gasteiger partial charge in [-0.05, 0) is 50.6 Å². The highest BCUT2D eigenvalue weighted by Gasteiger charge is 2.11. The van der Waals surface area contributed by atoms with Crippen molar-refractivity contribution in [3.63, 3.8) is 0 Å². The number of hydrogen-bond donors (Lipinski definition) is 2. The van der Waals surface area contributed by atoms with Crippen molar-refractivity contribution < 1.29 is 9.59 Å². The average molecular weight is 303 g/mol. The Morgan fingerprint density at radius 1 is 1.18 bits per heavy atom. The van der Waals surface area contributed by atoms with Crippen LogP contribution >= 0.6 is 0 Å². The topological polar surface area (TPSA) is 61.4 Å². The van der Waals surface area contributed by atoms with E-state index in [1.165, 1.54) is 26.2 Å². The first-order valence-electron chi connectivity index (χ1n) is 7.95. The van der Waals surface area contributed by atoms with Gasteiger partial charge in [-0.1, -0.05) is 12.5 Å². The molecule has 0 aromatic heterocycles. The number of nitrogens with zero attached hydrogens (tertiary/aromatic N) is 1. The molecule has 5 nitrogen and oxygen atoms in total. The fourth-order valence-corrected chi connectivity index (χ4v) is 2.70. The minimum atomic E-state index is -0.134. The fourth-order valence-electron chi connectivity index (χ4n) is 2.70. The van der Waals surface area contributed by atoms with E-state index in [-0.39, 0.29) is 11.8 Å². The summed E-state index contributed by atoms with van der Waals surface area (Å²) >= 11 is 0. The summed E-state index contributed by atoms with van der Waals surface area (Å²) < 4.78 is 0. The SMILES string of the molecule is CC(=O)Nc1cc(C(=O)NCCN2CCCCC2)ccc1C. The number of carbonyl (C=O) groups excluding carboxylic acids is 2. The summed E-state index contributed by atoms with van der Waals surface area (Å²) in [5.41, 5.74) is 2.21. The fraction of sp³-hybridized carbons (Fsp3) is 0.529. The highest BCUT2D eigenvalue weighted by atomic mass is 16.2. The van der Waals surface area contributed by atoms with Gasteiger partial charge in [-0.25, -0.2) is 0 Å². The monoisotopic (exact) mass is 303 g/mol. The molecule has 1 aliphatic rings. The summed E-state index contributed by atoms with van der Waals surface area (Å²) in [4.78, 5) is 25.8. The molecule has 0 spiro atoms. The summed E-state index contributed by atoms with van der Waals surface area (Å²) in [5, 5.41) is 5.70. The van der Waals surface area contributed by atoms with Gasteiger partial charge in [-0.3, -0.25) is 9.59 Å². The first kappa shape index (κ1) is 16.5. The van der Waals surface area contributed by atoms with Crippen LogP contribution in [0.2, 0.25) is 0 Å². The number of piperidine rings is 1. The Hall–Kier alpha value is -1.88. The number of hydrogen-bond acceptors (Lipinski definition) is 3. The third-order valence-corrected chi connectivity index (χ3v) is 3.97. The zero-order valence-electron chi connectivity index (χ0n) is 13.4. The largest absolute Gasteiger partial charge is 0.351 e. The van der Waals surface area contributed by atoms with Crippen molar-refractivity contribution in [3.05, 3.63) is 29.3 Å². The van der Waals surface area contributed by atoms with E-state index in [1.54, 1.807) is 12.1 Å². The van der Waals surface area contributed by atoms with Crippen molar-refractivity contribution in [3.8, 4) is 0 Å². The van der Waals surface area contributed by atoms with Crippen LogP contribution in [0, 0.1) is 6.92 Å². The Morgan fingerprint density at radius 3 is 2.59 bits per heavy atom. The standard InChI is InChI=1S/C17H25N3O2/c1-13-6-7-15(12-16(13)19-14(2)21)17(22)18-8-11-20-9-4-3-5-10-20/h6-7,12H,3-5,8-11H2,1-2H3,(H,18,22)(H,19,21). The Bertz CT molecular complexity index is 537. The quantitative estimate of drug-likeness (QED) is 0.876. The lowest BCUT2D eigenvalue weighted by atomic mass is 10.1. The van der Waals surface area contributed by atoms with Crippen molar-refractivity contribution in [1.29, 1.82) is 0 Å². The number of nitrogens with one attached hydrogen (secondary N) is 2. The highest BCUT2D eigenvalue weighted by molar-refractivity contribution is 5.97. The zero-order chi connectivity index (χ0) is 15.9. The molecule has 5 heteroatoms. The molecule has 0 radical (unpaired) electrons. The smallest absolute Gasteiger partial charge is 0.251 e. The number of carbonyl (C=O) groups is 2. The molecule has 1 aromatic carbocycles. The van der Waals surface area contributed by atoms with Gasteiger partial charge < -0.3 is 15.5 Å². The Labute approximate surface area is 132 Å². The van der Waals surface area contributed by atoms with Crippen LogP contribution < -0.4 is 10.6 Å². The Kier molecular flexibility index (Phi) is 5.95. The molecular formula is C17H25N3O2. The van der Waals surface area contributed by atoms with Crippen LogP contribution in [0.5, 0.6) is 0 Å². The molecule has 1 aliphatic heterocycles. The van der Waals surface area contributed by atoms with E-state index in [0.29, 0.717) is 17.8 Å². The maximum Gasteiger partial charge on any atom is 0.251 e. The minimum absolute atomic E-state index is 0.0939. The second-order valence-electron chi connectivity index (χ2n) is 5.87. The van der Waals surface area contributed by atoms with Gasteiger partial charge in [0, 0.05) is 31.3 Å². The minimum Gasteiger partial charge on any atom is -0.351 e. The van der Waals surface area contributed by atoms with Crippen LogP contribution in [0.15, 0.2) is 18.2 Å². The summed E-state index contributed by atoms with van der Waals surface area (Å²) in [5.74, 6) is -0.227.